The summed E-state index contributed by atoms with van der Waals surface area (Å²) in [6.07, 6.45) is 0.0304. The predicted octanol–water partition coefficient (Wildman–Crippen LogP) is 3.92. The van der Waals surface area contributed by atoms with E-state index in [0.717, 1.165) is 34.8 Å². The lowest BCUT2D eigenvalue weighted by molar-refractivity contribution is 0.156. The Balaban J connectivity index is 1.69. The fourth-order valence-electron chi connectivity index (χ4n) is 3.86. The van der Waals surface area contributed by atoms with Gasteiger partial charge in [0.05, 0.1) is 11.3 Å². The van der Waals surface area contributed by atoms with Crippen molar-refractivity contribution < 1.29 is 4.74 Å². The van der Waals surface area contributed by atoms with Gasteiger partial charge >= 0.3 is 0 Å². The molecule has 2 aromatic carbocycles. The third kappa shape index (κ3) is 3.48. The lowest BCUT2D eigenvalue weighted by Gasteiger charge is -2.21. The zero-order chi connectivity index (χ0) is 19.8. The Bertz CT molecular complexity index is 1060. The molecule has 146 valence electrons. The van der Waals surface area contributed by atoms with Crippen molar-refractivity contribution in [2.45, 2.75) is 33.0 Å². The molecule has 0 fully saturated rings. The Morgan fingerprint density at radius 2 is 1.93 bits per heavy atom. The van der Waals surface area contributed by atoms with Gasteiger partial charge in [0, 0.05) is 43.0 Å². The van der Waals surface area contributed by atoms with E-state index in [1.807, 2.05) is 67.2 Å². The van der Waals surface area contributed by atoms with E-state index in [9.17, 15) is 4.79 Å². The van der Waals surface area contributed by atoms with E-state index in [2.05, 4.69) is 11.8 Å². The first-order valence-corrected chi connectivity index (χ1v) is 9.82. The highest BCUT2D eigenvalue weighted by molar-refractivity contribution is 6.30. The van der Waals surface area contributed by atoms with Crippen LogP contribution in [-0.2, 0) is 20.1 Å². The monoisotopic (exact) mass is 397 g/mol. The molecule has 0 radical (unpaired) electrons. The highest BCUT2D eigenvalue weighted by atomic mass is 35.5. The second-order valence-electron chi connectivity index (χ2n) is 7.39. The molecular formula is C22H24ClN3O2. The number of hydrogen-bond acceptors (Lipinski definition) is 3. The van der Waals surface area contributed by atoms with Crippen LogP contribution in [0.4, 0.5) is 0 Å². The number of fused-ring (bicyclic) bond motifs is 1. The minimum atomic E-state index is 0.0235. The smallest absolute Gasteiger partial charge is 0.276 e. The maximum atomic E-state index is 13.2. The second kappa shape index (κ2) is 7.49. The molecule has 0 spiro atoms. The van der Waals surface area contributed by atoms with E-state index in [1.54, 1.807) is 4.68 Å². The van der Waals surface area contributed by atoms with E-state index in [-0.39, 0.29) is 11.7 Å². The Labute approximate surface area is 169 Å². The van der Waals surface area contributed by atoms with E-state index >= 15 is 0 Å². The molecule has 0 bridgehead atoms. The van der Waals surface area contributed by atoms with Crippen LogP contribution >= 0.6 is 11.6 Å². The Morgan fingerprint density at radius 1 is 1.18 bits per heavy atom. The molecule has 0 aliphatic carbocycles. The van der Waals surface area contributed by atoms with Gasteiger partial charge in [0.2, 0.25) is 0 Å². The Morgan fingerprint density at radius 3 is 2.68 bits per heavy atom. The molecule has 4 rings (SSSR count). The van der Waals surface area contributed by atoms with Crippen molar-refractivity contribution in [2.24, 2.45) is 7.05 Å². The maximum Gasteiger partial charge on any atom is 0.276 e. The van der Waals surface area contributed by atoms with Crippen molar-refractivity contribution in [3.63, 3.8) is 0 Å². The summed E-state index contributed by atoms with van der Waals surface area (Å²) in [5, 5.41) is 0.694. The normalized spacial score (nSPS) is 17.1. The van der Waals surface area contributed by atoms with Crippen LogP contribution in [0.2, 0.25) is 5.02 Å². The summed E-state index contributed by atoms with van der Waals surface area (Å²) in [5.41, 5.74) is 3.72. The van der Waals surface area contributed by atoms with E-state index in [1.165, 1.54) is 0 Å². The zero-order valence-corrected chi connectivity index (χ0v) is 17.1. The van der Waals surface area contributed by atoms with Gasteiger partial charge in [-0.1, -0.05) is 29.8 Å². The molecule has 0 amide bonds. The van der Waals surface area contributed by atoms with Crippen LogP contribution in [0.5, 0.6) is 5.75 Å². The highest BCUT2D eigenvalue weighted by Gasteiger charge is 2.24. The summed E-state index contributed by atoms with van der Waals surface area (Å²) >= 11 is 6.19. The van der Waals surface area contributed by atoms with E-state index in [0.29, 0.717) is 18.1 Å². The highest BCUT2D eigenvalue weighted by Crippen LogP contribution is 2.28. The van der Waals surface area contributed by atoms with Gasteiger partial charge in [0.25, 0.3) is 5.56 Å². The van der Waals surface area contributed by atoms with Crippen LogP contribution < -0.4 is 10.3 Å². The van der Waals surface area contributed by atoms with Gasteiger partial charge < -0.3 is 4.74 Å². The molecule has 28 heavy (non-hydrogen) atoms. The standard InChI is InChI=1S/C22H24ClN3O2/c1-15-12-25(13-17-11-18(23)9-10-21(17)28-15)14-20-16(2)24(3)26(22(20)27)19-7-5-4-6-8-19/h4-11,15H,12-14H2,1-3H3. The van der Waals surface area contributed by atoms with Crippen LogP contribution in [0, 0.1) is 6.92 Å². The number of aromatic nitrogens is 2. The molecule has 2 heterocycles. The number of nitrogens with zero attached hydrogens (tertiary/aromatic N) is 3. The molecule has 0 N–H and O–H groups in total. The number of benzene rings is 2. The third-order valence-electron chi connectivity index (χ3n) is 5.32. The van der Waals surface area contributed by atoms with Gasteiger partial charge in [0.1, 0.15) is 11.9 Å². The van der Waals surface area contributed by atoms with Gasteiger partial charge in [-0.25, -0.2) is 4.68 Å². The first-order chi connectivity index (χ1) is 13.4. The number of para-hydroxylation sites is 1. The first-order valence-electron chi connectivity index (χ1n) is 9.44. The average molecular weight is 398 g/mol. The number of hydrogen-bond donors (Lipinski definition) is 0. The van der Waals surface area contributed by atoms with Crippen molar-refractivity contribution in [2.75, 3.05) is 6.54 Å². The Hall–Kier alpha value is -2.50. The fraction of sp³-hybridized carbons (Fsp3) is 0.318. The molecule has 0 saturated carbocycles. The molecule has 1 aliphatic rings. The van der Waals surface area contributed by atoms with Crippen molar-refractivity contribution in [1.29, 1.82) is 0 Å². The largest absolute Gasteiger partial charge is 0.489 e. The van der Waals surface area contributed by atoms with Crippen molar-refractivity contribution in [3.8, 4) is 11.4 Å². The van der Waals surface area contributed by atoms with Crippen LogP contribution in [0.3, 0.4) is 0 Å². The minimum Gasteiger partial charge on any atom is -0.489 e. The summed E-state index contributed by atoms with van der Waals surface area (Å²) in [6, 6.07) is 15.5. The molecule has 1 aliphatic heterocycles. The van der Waals surface area contributed by atoms with Crippen molar-refractivity contribution in [3.05, 3.63) is 80.7 Å². The second-order valence-corrected chi connectivity index (χ2v) is 7.83. The molecule has 1 unspecified atom stereocenters. The third-order valence-corrected chi connectivity index (χ3v) is 5.55. The molecule has 5 nitrogen and oxygen atoms in total. The van der Waals surface area contributed by atoms with Crippen molar-refractivity contribution >= 4 is 11.6 Å². The van der Waals surface area contributed by atoms with Gasteiger partial charge in [-0.05, 0) is 44.2 Å². The van der Waals surface area contributed by atoms with Crippen LogP contribution in [0.25, 0.3) is 5.69 Å². The summed E-state index contributed by atoms with van der Waals surface area (Å²) in [6.45, 7) is 6.05. The first kappa shape index (κ1) is 18.8. The Kier molecular flexibility index (Phi) is 5.04. The van der Waals surface area contributed by atoms with E-state index in [4.69, 9.17) is 16.3 Å². The SMILES string of the molecule is Cc1c(CN2Cc3cc(Cl)ccc3OC(C)C2)c(=O)n(-c2ccccc2)n1C. The summed E-state index contributed by atoms with van der Waals surface area (Å²) in [5.74, 6) is 0.867. The summed E-state index contributed by atoms with van der Waals surface area (Å²) in [4.78, 5) is 15.5. The average Bonchev–Trinajstić information content (AvgIpc) is 2.80. The molecule has 0 saturated heterocycles. The number of halogens is 1. The van der Waals surface area contributed by atoms with Crippen molar-refractivity contribution in [1.82, 2.24) is 14.3 Å². The lowest BCUT2D eigenvalue weighted by Crippen LogP contribution is -2.32. The molecule has 1 atom stereocenters. The van der Waals surface area contributed by atoms with E-state index < -0.39 is 0 Å². The number of rotatable bonds is 3. The quantitative estimate of drug-likeness (QED) is 0.672. The summed E-state index contributed by atoms with van der Waals surface area (Å²) in [7, 11) is 1.93. The minimum absolute atomic E-state index is 0.0235. The fourth-order valence-corrected chi connectivity index (χ4v) is 4.05. The van der Waals surface area contributed by atoms with Gasteiger partial charge in [-0.15, -0.1) is 0 Å². The molecule has 6 heteroatoms. The predicted molar refractivity (Wildman–Crippen MR) is 111 cm³/mol. The molecular weight excluding hydrogens is 374 g/mol. The lowest BCUT2D eigenvalue weighted by atomic mass is 10.1. The van der Waals surface area contributed by atoms with Crippen LogP contribution in [0.1, 0.15) is 23.7 Å². The maximum absolute atomic E-state index is 13.2. The summed E-state index contributed by atoms with van der Waals surface area (Å²) < 4.78 is 9.71. The van der Waals surface area contributed by atoms with Gasteiger partial charge in [0.15, 0.2) is 0 Å². The van der Waals surface area contributed by atoms with Crippen LogP contribution in [0.15, 0.2) is 53.3 Å². The molecule has 3 aromatic rings. The zero-order valence-electron chi connectivity index (χ0n) is 16.4. The van der Waals surface area contributed by atoms with Gasteiger partial charge in [-0.2, -0.15) is 0 Å². The molecule has 1 aromatic heterocycles. The topological polar surface area (TPSA) is 39.4 Å². The number of ether oxygens (including phenoxy) is 1. The van der Waals surface area contributed by atoms with Crippen LogP contribution in [-0.4, -0.2) is 26.9 Å². The van der Waals surface area contributed by atoms with Gasteiger partial charge in [-0.3, -0.25) is 14.4 Å².